The largest absolute Gasteiger partial charge is 0.454 e. The Balaban J connectivity index is 0.00000300. The third-order valence-corrected chi connectivity index (χ3v) is 5.47. The van der Waals surface area contributed by atoms with Gasteiger partial charge in [0, 0.05) is 52.9 Å². The van der Waals surface area contributed by atoms with Crippen LogP contribution in [0.3, 0.4) is 0 Å². The lowest BCUT2D eigenvalue weighted by atomic mass is 10.1. The maximum Gasteiger partial charge on any atom is 0.231 e. The fourth-order valence-electron chi connectivity index (χ4n) is 3.71. The lowest BCUT2D eigenvalue weighted by Gasteiger charge is -2.35. The molecule has 1 fully saturated rings. The van der Waals surface area contributed by atoms with Crippen LogP contribution in [0.25, 0.3) is 0 Å². The van der Waals surface area contributed by atoms with E-state index in [4.69, 9.17) is 9.47 Å². The number of guanidine groups is 1. The van der Waals surface area contributed by atoms with Crippen LogP contribution < -0.4 is 20.1 Å². The van der Waals surface area contributed by atoms with E-state index in [-0.39, 0.29) is 24.0 Å². The molecule has 164 valence electrons. The Bertz CT molecular complexity index is 650. The number of nitrogens with zero attached hydrogens (tertiary/aromatic N) is 3. The summed E-state index contributed by atoms with van der Waals surface area (Å²) in [7, 11) is 1.82. The molecule has 1 aromatic carbocycles. The van der Waals surface area contributed by atoms with Crippen molar-refractivity contribution < 1.29 is 9.47 Å². The van der Waals surface area contributed by atoms with Crippen molar-refractivity contribution >= 4 is 29.9 Å². The summed E-state index contributed by atoms with van der Waals surface area (Å²) >= 11 is 0. The van der Waals surface area contributed by atoms with Crippen LogP contribution in [0.4, 0.5) is 0 Å². The molecular formula is C21H36IN5O2. The molecule has 2 aliphatic rings. The van der Waals surface area contributed by atoms with Crippen LogP contribution in [-0.2, 0) is 6.42 Å². The van der Waals surface area contributed by atoms with Gasteiger partial charge in [-0.1, -0.05) is 19.9 Å². The Morgan fingerprint density at radius 3 is 2.55 bits per heavy atom. The minimum atomic E-state index is 0. The molecule has 0 radical (unpaired) electrons. The van der Waals surface area contributed by atoms with Gasteiger partial charge in [-0.2, -0.15) is 0 Å². The first-order valence-corrected chi connectivity index (χ1v) is 10.5. The van der Waals surface area contributed by atoms with E-state index in [9.17, 15) is 0 Å². The van der Waals surface area contributed by atoms with Crippen LogP contribution in [-0.4, -0.2) is 82.0 Å². The van der Waals surface area contributed by atoms with Crippen molar-refractivity contribution in [2.45, 2.75) is 20.3 Å². The standard InChI is InChI=1S/C21H35N5O2.HI/c1-4-25-9-11-26(12-10-25)15-17(2)14-24-21(22-3)23-8-7-18-5-6-19-20(13-18)28-16-27-19;/h5-6,13,17H,4,7-12,14-16H2,1-3H3,(H2,22,23,24);1H. The molecule has 1 saturated heterocycles. The minimum absolute atomic E-state index is 0. The second-order valence-corrected chi connectivity index (χ2v) is 7.66. The van der Waals surface area contributed by atoms with E-state index >= 15 is 0 Å². The number of piperazine rings is 1. The molecule has 0 spiro atoms. The molecule has 7 nitrogen and oxygen atoms in total. The van der Waals surface area contributed by atoms with Gasteiger partial charge in [-0.15, -0.1) is 24.0 Å². The zero-order valence-electron chi connectivity index (χ0n) is 17.9. The van der Waals surface area contributed by atoms with Crippen LogP contribution in [0.2, 0.25) is 0 Å². The fraction of sp³-hybridized carbons (Fsp3) is 0.667. The van der Waals surface area contributed by atoms with E-state index in [2.05, 4.69) is 51.4 Å². The van der Waals surface area contributed by atoms with Gasteiger partial charge >= 0.3 is 0 Å². The molecule has 29 heavy (non-hydrogen) atoms. The number of halogens is 1. The third kappa shape index (κ3) is 7.49. The number of hydrogen-bond acceptors (Lipinski definition) is 5. The van der Waals surface area contributed by atoms with Gasteiger partial charge in [0.2, 0.25) is 6.79 Å². The van der Waals surface area contributed by atoms with Gasteiger partial charge in [0.05, 0.1) is 0 Å². The minimum Gasteiger partial charge on any atom is -0.454 e. The quantitative estimate of drug-likeness (QED) is 0.313. The van der Waals surface area contributed by atoms with E-state index in [1.807, 2.05) is 13.1 Å². The van der Waals surface area contributed by atoms with E-state index in [0.29, 0.717) is 12.7 Å². The van der Waals surface area contributed by atoms with Gasteiger partial charge < -0.3 is 29.9 Å². The number of likely N-dealkylation sites (N-methyl/N-ethyl adjacent to an activating group) is 1. The summed E-state index contributed by atoms with van der Waals surface area (Å²) in [6.45, 7) is 13.7. The SMILES string of the molecule is CCN1CCN(CC(C)CNC(=NC)NCCc2ccc3c(c2)OCO3)CC1.I. The van der Waals surface area contributed by atoms with Gasteiger partial charge in [-0.05, 0) is 36.6 Å². The molecule has 1 unspecified atom stereocenters. The normalized spacial score (nSPS) is 18.2. The van der Waals surface area contributed by atoms with Crippen LogP contribution in [0.5, 0.6) is 11.5 Å². The van der Waals surface area contributed by atoms with Crippen molar-refractivity contribution in [3.8, 4) is 11.5 Å². The second-order valence-electron chi connectivity index (χ2n) is 7.66. The summed E-state index contributed by atoms with van der Waals surface area (Å²) in [5.41, 5.74) is 1.23. The van der Waals surface area contributed by atoms with Crippen LogP contribution >= 0.6 is 24.0 Å². The second kappa shape index (κ2) is 12.4. The summed E-state index contributed by atoms with van der Waals surface area (Å²) in [4.78, 5) is 9.44. The number of fused-ring (bicyclic) bond motifs is 1. The highest BCUT2D eigenvalue weighted by Gasteiger charge is 2.17. The molecule has 2 N–H and O–H groups in total. The first-order chi connectivity index (χ1) is 13.7. The van der Waals surface area contributed by atoms with Gasteiger partial charge in [0.15, 0.2) is 17.5 Å². The summed E-state index contributed by atoms with van der Waals surface area (Å²) in [5.74, 6) is 3.12. The maximum absolute atomic E-state index is 5.44. The number of nitrogens with one attached hydrogen (secondary N) is 2. The van der Waals surface area contributed by atoms with Gasteiger partial charge in [0.1, 0.15) is 0 Å². The van der Waals surface area contributed by atoms with Crippen molar-refractivity contribution in [3.05, 3.63) is 23.8 Å². The van der Waals surface area contributed by atoms with E-state index in [1.54, 1.807) is 0 Å². The maximum atomic E-state index is 5.44. The molecule has 0 saturated carbocycles. The molecular weight excluding hydrogens is 481 g/mol. The Morgan fingerprint density at radius 1 is 1.10 bits per heavy atom. The molecule has 2 heterocycles. The van der Waals surface area contributed by atoms with Crippen molar-refractivity contribution in [2.75, 3.05) is 66.2 Å². The van der Waals surface area contributed by atoms with Crippen molar-refractivity contribution in [1.82, 2.24) is 20.4 Å². The average Bonchev–Trinajstić information content (AvgIpc) is 3.19. The van der Waals surface area contributed by atoms with Crippen molar-refractivity contribution in [3.63, 3.8) is 0 Å². The first kappa shape index (κ1) is 24.0. The highest BCUT2D eigenvalue weighted by atomic mass is 127. The summed E-state index contributed by atoms with van der Waals surface area (Å²) in [6.07, 6.45) is 0.911. The average molecular weight is 517 g/mol. The molecule has 2 aliphatic heterocycles. The molecule has 1 atom stereocenters. The van der Waals surface area contributed by atoms with Crippen molar-refractivity contribution in [1.29, 1.82) is 0 Å². The van der Waals surface area contributed by atoms with Crippen LogP contribution in [0.15, 0.2) is 23.2 Å². The van der Waals surface area contributed by atoms with Gasteiger partial charge in [-0.25, -0.2) is 0 Å². The summed E-state index contributed by atoms with van der Waals surface area (Å²) in [5, 5.41) is 6.87. The highest BCUT2D eigenvalue weighted by Crippen LogP contribution is 2.32. The topological polar surface area (TPSA) is 61.4 Å². The first-order valence-electron chi connectivity index (χ1n) is 10.5. The van der Waals surface area contributed by atoms with E-state index in [1.165, 1.54) is 38.3 Å². The lowest BCUT2D eigenvalue weighted by molar-refractivity contribution is 0.124. The van der Waals surface area contributed by atoms with Crippen LogP contribution in [0, 0.1) is 5.92 Å². The predicted molar refractivity (Wildman–Crippen MR) is 129 cm³/mol. The smallest absolute Gasteiger partial charge is 0.231 e. The zero-order chi connectivity index (χ0) is 19.8. The molecule has 8 heteroatoms. The summed E-state index contributed by atoms with van der Waals surface area (Å²) < 4.78 is 10.8. The molecule has 0 aliphatic carbocycles. The Morgan fingerprint density at radius 2 is 1.83 bits per heavy atom. The Kier molecular flexibility index (Phi) is 10.3. The molecule has 1 aromatic rings. The fourth-order valence-corrected chi connectivity index (χ4v) is 3.71. The number of ether oxygens (including phenoxy) is 2. The van der Waals surface area contributed by atoms with E-state index in [0.717, 1.165) is 43.5 Å². The Hall–Kier alpha value is -1.26. The predicted octanol–water partition coefficient (Wildman–Crippen LogP) is 2.01. The summed E-state index contributed by atoms with van der Waals surface area (Å²) in [6, 6.07) is 6.12. The number of benzene rings is 1. The highest BCUT2D eigenvalue weighted by molar-refractivity contribution is 14.0. The molecule has 0 amide bonds. The monoisotopic (exact) mass is 517 g/mol. The number of rotatable bonds is 8. The molecule has 3 rings (SSSR count). The number of aliphatic imine (C=N–C) groups is 1. The van der Waals surface area contributed by atoms with Gasteiger partial charge in [-0.3, -0.25) is 4.99 Å². The molecule has 0 aromatic heterocycles. The Labute approximate surface area is 192 Å². The lowest BCUT2D eigenvalue weighted by Crippen LogP contribution is -2.48. The zero-order valence-corrected chi connectivity index (χ0v) is 20.3. The van der Waals surface area contributed by atoms with E-state index < -0.39 is 0 Å². The van der Waals surface area contributed by atoms with Gasteiger partial charge in [0.25, 0.3) is 0 Å². The molecule has 0 bridgehead atoms. The number of hydrogen-bond donors (Lipinski definition) is 2. The third-order valence-electron chi connectivity index (χ3n) is 5.47. The van der Waals surface area contributed by atoms with Crippen LogP contribution in [0.1, 0.15) is 19.4 Å². The van der Waals surface area contributed by atoms with Crippen molar-refractivity contribution in [2.24, 2.45) is 10.9 Å².